The van der Waals surface area contributed by atoms with Crippen LogP contribution in [0.3, 0.4) is 0 Å². The molecule has 4 nitrogen and oxygen atoms in total. The quantitative estimate of drug-likeness (QED) is 0.702. The van der Waals surface area contributed by atoms with Crippen molar-refractivity contribution in [3.63, 3.8) is 0 Å². The summed E-state index contributed by atoms with van der Waals surface area (Å²) in [5, 5.41) is 3.06. The summed E-state index contributed by atoms with van der Waals surface area (Å²) in [6.45, 7) is 2.36. The minimum atomic E-state index is -0.274. The van der Waals surface area contributed by atoms with Gasteiger partial charge in [0.15, 0.2) is 0 Å². The van der Waals surface area contributed by atoms with Crippen LogP contribution in [0.4, 0.5) is 0 Å². The molecule has 132 valence electrons. The van der Waals surface area contributed by atoms with Gasteiger partial charge in [0.1, 0.15) is 5.75 Å². The SMILES string of the molecule is Cc1ccc(OCCC(=O)NC(c2ccccc2)c2ccccn2)cc1. The minimum absolute atomic E-state index is 0.0726. The van der Waals surface area contributed by atoms with Crippen molar-refractivity contribution in [2.24, 2.45) is 0 Å². The molecule has 1 heterocycles. The number of benzene rings is 2. The first-order valence-corrected chi connectivity index (χ1v) is 8.67. The van der Waals surface area contributed by atoms with E-state index < -0.39 is 0 Å². The molecule has 0 aliphatic heterocycles. The maximum absolute atomic E-state index is 12.4. The van der Waals surface area contributed by atoms with Gasteiger partial charge in [0, 0.05) is 6.20 Å². The molecule has 1 aromatic heterocycles. The molecule has 1 atom stereocenters. The van der Waals surface area contributed by atoms with Crippen LogP contribution in [0.25, 0.3) is 0 Å². The highest BCUT2D eigenvalue weighted by molar-refractivity contribution is 5.77. The fraction of sp³-hybridized carbons (Fsp3) is 0.182. The predicted octanol–water partition coefficient (Wildman–Crippen LogP) is 4.06. The number of rotatable bonds is 7. The highest BCUT2D eigenvalue weighted by Crippen LogP contribution is 2.20. The van der Waals surface area contributed by atoms with E-state index in [0.717, 1.165) is 17.0 Å². The number of aromatic nitrogens is 1. The second-order valence-corrected chi connectivity index (χ2v) is 6.08. The van der Waals surface area contributed by atoms with Gasteiger partial charge in [-0.3, -0.25) is 9.78 Å². The molecule has 0 saturated carbocycles. The lowest BCUT2D eigenvalue weighted by Crippen LogP contribution is -2.30. The van der Waals surface area contributed by atoms with Crippen LogP contribution >= 0.6 is 0 Å². The van der Waals surface area contributed by atoms with E-state index in [4.69, 9.17) is 4.74 Å². The van der Waals surface area contributed by atoms with E-state index in [1.54, 1.807) is 6.20 Å². The first-order valence-electron chi connectivity index (χ1n) is 8.67. The third-order valence-corrected chi connectivity index (χ3v) is 4.04. The average molecular weight is 346 g/mol. The molecule has 0 aliphatic carbocycles. The van der Waals surface area contributed by atoms with Crippen LogP contribution in [0.1, 0.15) is 29.3 Å². The summed E-state index contributed by atoms with van der Waals surface area (Å²) < 4.78 is 5.65. The number of hydrogen-bond acceptors (Lipinski definition) is 3. The zero-order chi connectivity index (χ0) is 18.2. The Morgan fingerprint density at radius 2 is 1.73 bits per heavy atom. The molecule has 0 fully saturated rings. The van der Waals surface area contributed by atoms with E-state index in [1.165, 1.54) is 5.56 Å². The number of pyridine rings is 1. The van der Waals surface area contributed by atoms with Crippen molar-refractivity contribution in [3.05, 3.63) is 95.8 Å². The first kappa shape index (κ1) is 17.7. The number of ether oxygens (including phenoxy) is 1. The molecule has 2 aromatic carbocycles. The molecular weight excluding hydrogens is 324 g/mol. The number of carbonyl (C=O) groups excluding carboxylic acids is 1. The van der Waals surface area contributed by atoms with E-state index in [-0.39, 0.29) is 18.4 Å². The largest absolute Gasteiger partial charge is 0.493 e. The van der Waals surface area contributed by atoms with Crippen LogP contribution in [0.2, 0.25) is 0 Å². The molecule has 1 amide bonds. The molecule has 26 heavy (non-hydrogen) atoms. The summed E-state index contributed by atoms with van der Waals surface area (Å²) in [6, 6.07) is 23.1. The Hall–Kier alpha value is -3.14. The van der Waals surface area contributed by atoms with Gasteiger partial charge in [-0.15, -0.1) is 0 Å². The number of amides is 1. The Balaban J connectivity index is 1.61. The number of carbonyl (C=O) groups is 1. The van der Waals surface area contributed by atoms with Crippen molar-refractivity contribution in [3.8, 4) is 5.75 Å². The molecule has 0 spiro atoms. The van der Waals surface area contributed by atoms with Crippen molar-refractivity contribution >= 4 is 5.91 Å². The molecule has 0 aliphatic rings. The molecule has 1 unspecified atom stereocenters. The highest BCUT2D eigenvalue weighted by atomic mass is 16.5. The van der Waals surface area contributed by atoms with Gasteiger partial charge in [0.2, 0.25) is 5.91 Å². The Morgan fingerprint density at radius 1 is 1.00 bits per heavy atom. The zero-order valence-electron chi connectivity index (χ0n) is 14.8. The summed E-state index contributed by atoms with van der Waals surface area (Å²) in [5.74, 6) is 0.698. The predicted molar refractivity (Wildman–Crippen MR) is 102 cm³/mol. The second kappa shape index (κ2) is 8.81. The van der Waals surface area contributed by atoms with Crippen molar-refractivity contribution < 1.29 is 9.53 Å². The van der Waals surface area contributed by atoms with Crippen LogP contribution in [0.5, 0.6) is 5.75 Å². The summed E-state index contributed by atoms with van der Waals surface area (Å²) in [4.78, 5) is 16.8. The van der Waals surface area contributed by atoms with Gasteiger partial charge in [-0.05, 0) is 36.8 Å². The van der Waals surface area contributed by atoms with Crippen LogP contribution in [0, 0.1) is 6.92 Å². The third kappa shape index (κ3) is 4.93. The lowest BCUT2D eigenvalue weighted by Gasteiger charge is -2.19. The monoisotopic (exact) mass is 346 g/mol. The third-order valence-electron chi connectivity index (χ3n) is 4.04. The fourth-order valence-electron chi connectivity index (χ4n) is 2.65. The Kier molecular flexibility index (Phi) is 5.99. The van der Waals surface area contributed by atoms with Gasteiger partial charge in [-0.2, -0.15) is 0 Å². The number of hydrogen-bond donors (Lipinski definition) is 1. The molecule has 1 N–H and O–H groups in total. The van der Waals surface area contributed by atoms with E-state index in [0.29, 0.717) is 6.61 Å². The van der Waals surface area contributed by atoms with Gasteiger partial charge in [-0.1, -0.05) is 54.1 Å². The Labute approximate surface area is 153 Å². The van der Waals surface area contributed by atoms with Crippen LogP contribution in [0.15, 0.2) is 79.0 Å². The minimum Gasteiger partial charge on any atom is -0.493 e. The average Bonchev–Trinajstić information content (AvgIpc) is 2.69. The van der Waals surface area contributed by atoms with Crippen LogP contribution in [-0.4, -0.2) is 17.5 Å². The van der Waals surface area contributed by atoms with E-state index >= 15 is 0 Å². The van der Waals surface area contributed by atoms with Crippen molar-refractivity contribution in [1.82, 2.24) is 10.3 Å². The van der Waals surface area contributed by atoms with Crippen LogP contribution < -0.4 is 10.1 Å². The second-order valence-electron chi connectivity index (χ2n) is 6.08. The van der Waals surface area contributed by atoms with Crippen molar-refractivity contribution in [1.29, 1.82) is 0 Å². The molecule has 3 rings (SSSR count). The fourth-order valence-corrected chi connectivity index (χ4v) is 2.65. The number of aryl methyl sites for hydroxylation is 1. The van der Waals surface area contributed by atoms with E-state index in [1.807, 2.05) is 79.7 Å². The smallest absolute Gasteiger partial charge is 0.224 e. The maximum Gasteiger partial charge on any atom is 0.224 e. The molecule has 4 heteroatoms. The lowest BCUT2D eigenvalue weighted by molar-refractivity contribution is -0.122. The standard InChI is InChI=1S/C22H22N2O2/c1-17-10-12-19(13-11-17)26-16-14-21(25)24-22(18-7-3-2-4-8-18)20-9-5-6-15-23-20/h2-13,15,22H,14,16H2,1H3,(H,24,25). The van der Waals surface area contributed by atoms with Gasteiger partial charge < -0.3 is 10.1 Å². The summed E-state index contributed by atoms with van der Waals surface area (Å²) in [5.41, 5.74) is 2.99. The molecule has 0 radical (unpaired) electrons. The lowest BCUT2D eigenvalue weighted by atomic mass is 10.0. The van der Waals surface area contributed by atoms with Gasteiger partial charge >= 0.3 is 0 Å². The zero-order valence-corrected chi connectivity index (χ0v) is 14.8. The van der Waals surface area contributed by atoms with E-state index in [9.17, 15) is 4.79 Å². The van der Waals surface area contributed by atoms with Crippen molar-refractivity contribution in [2.75, 3.05) is 6.61 Å². The molecular formula is C22H22N2O2. The Morgan fingerprint density at radius 3 is 2.42 bits per heavy atom. The summed E-state index contributed by atoms with van der Waals surface area (Å²) in [6.07, 6.45) is 2.02. The van der Waals surface area contributed by atoms with Crippen LogP contribution in [-0.2, 0) is 4.79 Å². The van der Waals surface area contributed by atoms with E-state index in [2.05, 4.69) is 10.3 Å². The van der Waals surface area contributed by atoms with Gasteiger partial charge in [0.25, 0.3) is 0 Å². The summed E-state index contributed by atoms with van der Waals surface area (Å²) in [7, 11) is 0. The summed E-state index contributed by atoms with van der Waals surface area (Å²) >= 11 is 0. The highest BCUT2D eigenvalue weighted by Gasteiger charge is 2.17. The topological polar surface area (TPSA) is 51.2 Å². The molecule has 0 bridgehead atoms. The maximum atomic E-state index is 12.4. The van der Waals surface area contributed by atoms with Gasteiger partial charge in [0.05, 0.1) is 24.8 Å². The van der Waals surface area contributed by atoms with Crippen molar-refractivity contribution in [2.45, 2.75) is 19.4 Å². The Bertz CT molecular complexity index is 778. The first-order chi connectivity index (χ1) is 12.7. The van der Waals surface area contributed by atoms with Gasteiger partial charge in [-0.25, -0.2) is 0 Å². The normalized spacial score (nSPS) is 11.6. The number of nitrogens with one attached hydrogen (secondary N) is 1. The molecule has 0 saturated heterocycles. The molecule has 3 aromatic rings. The number of nitrogens with zero attached hydrogens (tertiary/aromatic N) is 1.